The zero-order valence-electron chi connectivity index (χ0n) is 20.9. The number of ether oxygens (including phenoxy) is 1. The van der Waals surface area contributed by atoms with Crippen LogP contribution in [-0.2, 0) is 4.79 Å². The Hall–Kier alpha value is -3.68. The maximum absolute atomic E-state index is 13.0. The summed E-state index contributed by atoms with van der Waals surface area (Å²) >= 11 is 12.5. The summed E-state index contributed by atoms with van der Waals surface area (Å²) in [7, 11) is 0. The Morgan fingerprint density at radius 2 is 1.97 bits per heavy atom. The van der Waals surface area contributed by atoms with Gasteiger partial charge in [0.2, 0.25) is 0 Å². The second-order valence-corrected chi connectivity index (χ2v) is 10.4. The van der Waals surface area contributed by atoms with Gasteiger partial charge in [0.05, 0.1) is 33.1 Å². The molecule has 1 saturated carbocycles. The summed E-state index contributed by atoms with van der Waals surface area (Å²) in [5.41, 5.74) is 15.1. The molecule has 2 heterocycles. The minimum absolute atomic E-state index is 0.111. The van der Waals surface area contributed by atoms with E-state index in [2.05, 4.69) is 11.1 Å². The lowest BCUT2D eigenvalue weighted by molar-refractivity contribution is -0.136. The molecule has 9 nitrogen and oxygen atoms in total. The number of rotatable bonds is 9. The van der Waals surface area contributed by atoms with Gasteiger partial charge in [0, 0.05) is 23.1 Å². The summed E-state index contributed by atoms with van der Waals surface area (Å²) < 4.78 is 7.33. The van der Waals surface area contributed by atoms with Gasteiger partial charge in [0.25, 0.3) is 5.56 Å². The average molecular weight is 565 g/mol. The lowest BCUT2D eigenvalue weighted by atomic mass is 10.0. The van der Waals surface area contributed by atoms with Crippen LogP contribution >= 0.6 is 23.2 Å². The number of nitrogens with one attached hydrogen (secondary N) is 1. The summed E-state index contributed by atoms with van der Waals surface area (Å²) in [6, 6.07) is 12.5. The first kappa shape index (κ1) is 26.9. The molecular weight excluding hydrogens is 539 g/mol. The van der Waals surface area contributed by atoms with E-state index < -0.39 is 12.0 Å². The topological polar surface area (TPSA) is 152 Å². The second-order valence-electron chi connectivity index (χ2n) is 9.58. The molecule has 0 unspecified atom stereocenters. The van der Waals surface area contributed by atoms with Crippen molar-refractivity contribution in [3.63, 3.8) is 0 Å². The number of aromatic amines is 1. The van der Waals surface area contributed by atoms with Crippen LogP contribution < -0.4 is 21.8 Å². The Morgan fingerprint density at radius 1 is 1.18 bits per heavy atom. The molecule has 2 aromatic carbocycles. The molecule has 4 aromatic rings. The number of halogens is 2. The van der Waals surface area contributed by atoms with Gasteiger partial charge in [-0.1, -0.05) is 35.7 Å². The normalized spacial score (nSPS) is 13.8. The first-order valence-corrected chi connectivity index (χ1v) is 13.4. The van der Waals surface area contributed by atoms with Gasteiger partial charge in [-0.25, -0.2) is 9.31 Å². The number of H-pyrrole nitrogens is 1. The monoisotopic (exact) mass is 564 g/mol. The third kappa shape index (κ3) is 5.56. The van der Waals surface area contributed by atoms with E-state index in [4.69, 9.17) is 44.5 Å². The highest BCUT2D eigenvalue weighted by Gasteiger charge is 2.32. The minimum Gasteiger partial charge on any atom is -0.425 e. The van der Waals surface area contributed by atoms with Crippen LogP contribution in [0.15, 0.2) is 47.3 Å². The number of benzene rings is 2. The smallest absolute Gasteiger partial charge is 0.328 e. The molecule has 1 aliphatic rings. The van der Waals surface area contributed by atoms with Gasteiger partial charge in [0.15, 0.2) is 0 Å². The summed E-state index contributed by atoms with van der Waals surface area (Å²) in [6.07, 6.45) is 3.78. The van der Waals surface area contributed by atoms with Crippen molar-refractivity contribution in [3.05, 3.63) is 74.1 Å². The largest absolute Gasteiger partial charge is 0.425 e. The van der Waals surface area contributed by atoms with E-state index >= 15 is 0 Å². The number of nitrogens with two attached hydrogens (primary N) is 2. The van der Waals surface area contributed by atoms with Gasteiger partial charge in [-0.2, -0.15) is 10.4 Å². The van der Waals surface area contributed by atoms with Crippen LogP contribution in [0.25, 0.3) is 28.0 Å². The summed E-state index contributed by atoms with van der Waals surface area (Å²) in [6.45, 7) is 0.506. The van der Waals surface area contributed by atoms with E-state index in [1.807, 2.05) is 6.07 Å². The fourth-order valence-electron chi connectivity index (χ4n) is 4.53. The van der Waals surface area contributed by atoms with E-state index in [1.165, 1.54) is 12.1 Å². The van der Waals surface area contributed by atoms with Crippen LogP contribution in [0.5, 0.6) is 5.75 Å². The fourth-order valence-corrected chi connectivity index (χ4v) is 4.83. The van der Waals surface area contributed by atoms with Gasteiger partial charge in [-0.3, -0.25) is 4.79 Å². The molecule has 0 spiro atoms. The molecule has 0 amide bonds. The third-order valence-electron chi connectivity index (χ3n) is 6.69. The van der Waals surface area contributed by atoms with Crippen LogP contribution in [0.3, 0.4) is 0 Å². The quantitative estimate of drug-likeness (QED) is 0.150. The van der Waals surface area contributed by atoms with Crippen LogP contribution in [0.4, 0.5) is 0 Å². The first-order chi connectivity index (χ1) is 18.8. The van der Waals surface area contributed by atoms with Gasteiger partial charge in [0.1, 0.15) is 17.4 Å². The van der Waals surface area contributed by atoms with E-state index in [0.717, 1.165) is 36.1 Å². The van der Waals surface area contributed by atoms with Crippen molar-refractivity contribution in [3.8, 4) is 34.2 Å². The van der Waals surface area contributed by atoms with E-state index in [-0.39, 0.29) is 22.8 Å². The number of carbonyl (C=O) groups is 1. The van der Waals surface area contributed by atoms with Gasteiger partial charge >= 0.3 is 5.97 Å². The van der Waals surface area contributed by atoms with Crippen LogP contribution in [0, 0.1) is 11.3 Å². The molecule has 1 atom stereocenters. The zero-order chi connectivity index (χ0) is 27.7. The Bertz CT molecular complexity index is 1670. The van der Waals surface area contributed by atoms with Gasteiger partial charge in [-0.05, 0) is 68.1 Å². The van der Waals surface area contributed by atoms with Crippen molar-refractivity contribution in [2.24, 2.45) is 11.5 Å². The Kier molecular flexibility index (Phi) is 7.73. The SMILES string of the molecule is N#Cc1ccc(-c2cc(=O)[nH]c3c(-c4ccc(Cl)c(Cl)c4)c(C4CC4)nn23)c(OC(=O)[C@@H](N)CCCCN)c1. The summed E-state index contributed by atoms with van der Waals surface area (Å²) in [5, 5.41) is 15.2. The van der Waals surface area contributed by atoms with Crippen LogP contribution in [0.1, 0.15) is 49.3 Å². The molecule has 1 aliphatic carbocycles. The molecule has 0 aliphatic heterocycles. The lowest BCUT2D eigenvalue weighted by Gasteiger charge is -2.15. The van der Waals surface area contributed by atoms with Crippen molar-refractivity contribution >= 4 is 34.8 Å². The first-order valence-electron chi connectivity index (χ1n) is 12.6. The van der Waals surface area contributed by atoms with Gasteiger partial charge < -0.3 is 21.2 Å². The molecule has 2 aromatic heterocycles. The van der Waals surface area contributed by atoms with Crippen LogP contribution in [0.2, 0.25) is 10.0 Å². The number of aromatic nitrogens is 3. The summed E-state index contributed by atoms with van der Waals surface area (Å²) in [4.78, 5) is 28.7. The summed E-state index contributed by atoms with van der Waals surface area (Å²) in [5.74, 6) is -0.296. The number of unbranched alkanes of at least 4 members (excludes halogenated alkanes) is 1. The van der Waals surface area contributed by atoms with Crippen molar-refractivity contribution in [2.45, 2.75) is 44.1 Å². The maximum atomic E-state index is 13.0. The number of nitriles is 1. The number of hydrogen-bond donors (Lipinski definition) is 3. The molecule has 39 heavy (non-hydrogen) atoms. The number of carbonyl (C=O) groups excluding carboxylic acids is 1. The standard InChI is InChI=1S/C28H26Cl2N6O3/c29-19-9-7-17(12-20(19)30)25-26(16-5-6-16)35-36-22(13-24(37)34-27(25)36)18-8-4-15(14-32)11-23(18)39-28(38)21(33)3-1-2-10-31/h4,7-9,11-13,16,21H,1-3,5-6,10,31,33H2,(H,34,37)/t21-/m0/s1. The van der Waals surface area contributed by atoms with E-state index in [1.54, 1.807) is 28.8 Å². The number of hydrogen-bond acceptors (Lipinski definition) is 7. The van der Waals surface area contributed by atoms with E-state index in [0.29, 0.717) is 46.3 Å². The molecule has 0 bridgehead atoms. The molecular formula is C28H26Cl2N6O3. The van der Waals surface area contributed by atoms with Crippen molar-refractivity contribution in [1.82, 2.24) is 14.6 Å². The third-order valence-corrected chi connectivity index (χ3v) is 7.43. The minimum atomic E-state index is -0.859. The molecule has 5 rings (SSSR count). The molecule has 0 saturated heterocycles. The predicted molar refractivity (Wildman–Crippen MR) is 150 cm³/mol. The molecule has 11 heteroatoms. The van der Waals surface area contributed by atoms with Gasteiger partial charge in [-0.15, -0.1) is 0 Å². The molecule has 0 radical (unpaired) electrons. The Labute approximate surface area is 234 Å². The number of nitrogens with zero attached hydrogens (tertiary/aromatic N) is 3. The molecule has 5 N–H and O–H groups in total. The number of esters is 1. The van der Waals surface area contributed by atoms with Crippen molar-refractivity contribution in [1.29, 1.82) is 5.26 Å². The second kappa shape index (κ2) is 11.2. The average Bonchev–Trinajstić information content (AvgIpc) is 3.70. The molecule has 200 valence electrons. The van der Waals surface area contributed by atoms with Crippen molar-refractivity contribution < 1.29 is 9.53 Å². The highest BCUT2D eigenvalue weighted by atomic mass is 35.5. The Balaban J connectivity index is 1.65. The zero-order valence-corrected chi connectivity index (χ0v) is 22.4. The fraction of sp³-hybridized carbons (Fsp3) is 0.286. The van der Waals surface area contributed by atoms with E-state index in [9.17, 15) is 14.9 Å². The Morgan fingerprint density at radius 3 is 2.67 bits per heavy atom. The highest BCUT2D eigenvalue weighted by Crippen LogP contribution is 2.46. The lowest BCUT2D eigenvalue weighted by Crippen LogP contribution is -2.34. The van der Waals surface area contributed by atoms with Crippen molar-refractivity contribution in [2.75, 3.05) is 6.54 Å². The highest BCUT2D eigenvalue weighted by molar-refractivity contribution is 6.42. The molecule has 1 fully saturated rings. The van der Waals surface area contributed by atoms with Crippen LogP contribution in [-0.4, -0.2) is 33.2 Å². The number of fused-ring (bicyclic) bond motifs is 1. The predicted octanol–water partition coefficient (Wildman–Crippen LogP) is 4.77. The maximum Gasteiger partial charge on any atom is 0.328 e.